The molecule has 0 N–H and O–H groups in total. The maximum Gasteiger partial charge on any atom is 0.228 e. The van der Waals surface area contributed by atoms with Gasteiger partial charge in [-0.05, 0) is 31.8 Å². The van der Waals surface area contributed by atoms with Crippen LogP contribution in [0.1, 0.15) is 12.1 Å². The number of aromatic nitrogens is 1. The third-order valence-corrected chi connectivity index (χ3v) is 6.20. The fourth-order valence-corrected chi connectivity index (χ4v) is 4.75. The molecule has 0 saturated carbocycles. The molecule has 1 aromatic carbocycles. The molecule has 0 radical (unpaired) electrons. The molecule has 2 saturated heterocycles. The number of rotatable bonds is 3. The number of amides is 1. The zero-order valence-corrected chi connectivity index (χ0v) is 14.8. The molecule has 1 amide bonds. The number of thiazole rings is 1. The highest BCUT2D eigenvalue weighted by molar-refractivity contribution is 7.13. The molecule has 0 aliphatic carbocycles. The van der Waals surface area contributed by atoms with E-state index in [-0.39, 0.29) is 5.91 Å². The monoisotopic (exact) mass is 341 g/mol. The lowest BCUT2D eigenvalue weighted by molar-refractivity contribution is -0.129. The average molecular weight is 341 g/mol. The first-order valence-corrected chi connectivity index (χ1v) is 9.53. The molecule has 3 heterocycles. The van der Waals surface area contributed by atoms with Gasteiger partial charge in [-0.1, -0.05) is 30.3 Å². The van der Waals surface area contributed by atoms with Crippen LogP contribution in [0.25, 0.3) is 10.6 Å². The largest absolute Gasteiger partial charge is 0.342 e. The highest BCUT2D eigenvalue weighted by Gasteiger charge is 2.37. The van der Waals surface area contributed by atoms with E-state index in [1.54, 1.807) is 11.3 Å². The van der Waals surface area contributed by atoms with Crippen LogP contribution in [0.2, 0.25) is 0 Å². The summed E-state index contributed by atoms with van der Waals surface area (Å²) >= 11 is 1.62. The van der Waals surface area contributed by atoms with Crippen LogP contribution in [-0.4, -0.2) is 53.9 Å². The molecule has 2 aliphatic rings. The first-order chi connectivity index (χ1) is 11.7. The molecule has 2 atom stereocenters. The van der Waals surface area contributed by atoms with E-state index in [9.17, 15) is 4.79 Å². The summed E-state index contributed by atoms with van der Waals surface area (Å²) in [6, 6.07) is 10.2. The SMILES string of the molecule is CN1CCC2CN(C(=O)Cc3csc(-c4ccccc4)n3)CC2C1. The zero-order valence-electron chi connectivity index (χ0n) is 14.0. The quantitative estimate of drug-likeness (QED) is 0.861. The Morgan fingerprint density at radius 2 is 2.00 bits per heavy atom. The van der Waals surface area contributed by atoms with Crippen molar-refractivity contribution in [3.8, 4) is 10.6 Å². The maximum atomic E-state index is 12.7. The van der Waals surface area contributed by atoms with E-state index in [0.717, 1.165) is 42.4 Å². The van der Waals surface area contributed by atoms with Gasteiger partial charge in [0, 0.05) is 30.6 Å². The Balaban J connectivity index is 1.39. The van der Waals surface area contributed by atoms with Crippen LogP contribution in [-0.2, 0) is 11.2 Å². The van der Waals surface area contributed by atoms with Gasteiger partial charge in [-0.25, -0.2) is 4.98 Å². The minimum absolute atomic E-state index is 0.233. The van der Waals surface area contributed by atoms with Gasteiger partial charge in [0.25, 0.3) is 0 Å². The number of carbonyl (C=O) groups is 1. The summed E-state index contributed by atoms with van der Waals surface area (Å²) < 4.78 is 0. The minimum atomic E-state index is 0.233. The van der Waals surface area contributed by atoms with Gasteiger partial charge in [0.1, 0.15) is 5.01 Å². The second-order valence-corrected chi connectivity index (χ2v) is 7.91. The van der Waals surface area contributed by atoms with Crippen LogP contribution in [0.5, 0.6) is 0 Å². The van der Waals surface area contributed by atoms with Crippen molar-refractivity contribution in [2.24, 2.45) is 11.8 Å². The van der Waals surface area contributed by atoms with E-state index < -0.39 is 0 Å². The van der Waals surface area contributed by atoms with Gasteiger partial charge in [-0.2, -0.15) is 0 Å². The molecular weight excluding hydrogens is 318 g/mol. The van der Waals surface area contributed by atoms with Crippen molar-refractivity contribution in [2.45, 2.75) is 12.8 Å². The number of benzene rings is 1. The van der Waals surface area contributed by atoms with Crippen molar-refractivity contribution in [2.75, 3.05) is 33.2 Å². The Kier molecular flexibility index (Phi) is 4.37. The number of hydrogen-bond donors (Lipinski definition) is 0. The molecule has 4 rings (SSSR count). The first kappa shape index (κ1) is 15.8. The van der Waals surface area contributed by atoms with Crippen molar-refractivity contribution >= 4 is 17.2 Å². The number of hydrogen-bond acceptors (Lipinski definition) is 4. The Hall–Kier alpha value is -1.72. The van der Waals surface area contributed by atoms with Crippen LogP contribution in [0.4, 0.5) is 0 Å². The van der Waals surface area contributed by atoms with Gasteiger partial charge in [0.05, 0.1) is 12.1 Å². The van der Waals surface area contributed by atoms with Gasteiger partial charge in [0.2, 0.25) is 5.91 Å². The zero-order chi connectivity index (χ0) is 16.5. The molecule has 2 aromatic rings. The lowest BCUT2D eigenvalue weighted by Crippen LogP contribution is -2.37. The Bertz CT molecular complexity index is 714. The number of fused-ring (bicyclic) bond motifs is 1. The van der Waals surface area contributed by atoms with Crippen LogP contribution in [0.3, 0.4) is 0 Å². The molecule has 24 heavy (non-hydrogen) atoms. The third kappa shape index (κ3) is 3.23. The molecule has 2 aliphatic heterocycles. The average Bonchev–Trinajstić information content (AvgIpc) is 3.22. The number of likely N-dealkylation sites (tertiary alicyclic amines) is 2. The van der Waals surface area contributed by atoms with E-state index in [1.165, 1.54) is 6.42 Å². The summed E-state index contributed by atoms with van der Waals surface area (Å²) in [6.45, 7) is 4.15. The van der Waals surface area contributed by atoms with Crippen LogP contribution in [0.15, 0.2) is 35.7 Å². The topological polar surface area (TPSA) is 36.4 Å². The molecule has 126 valence electrons. The summed E-state index contributed by atoms with van der Waals surface area (Å²) in [5.74, 6) is 1.58. The smallest absolute Gasteiger partial charge is 0.228 e. The van der Waals surface area contributed by atoms with E-state index >= 15 is 0 Å². The maximum absolute atomic E-state index is 12.7. The van der Waals surface area contributed by atoms with E-state index in [2.05, 4.69) is 34.0 Å². The highest BCUT2D eigenvalue weighted by Crippen LogP contribution is 2.31. The van der Waals surface area contributed by atoms with Crippen LogP contribution >= 0.6 is 11.3 Å². The van der Waals surface area contributed by atoms with E-state index in [1.807, 2.05) is 23.6 Å². The van der Waals surface area contributed by atoms with Gasteiger partial charge in [0.15, 0.2) is 0 Å². The second kappa shape index (κ2) is 6.65. The van der Waals surface area contributed by atoms with Gasteiger partial charge in [-0.3, -0.25) is 4.79 Å². The second-order valence-electron chi connectivity index (χ2n) is 7.06. The van der Waals surface area contributed by atoms with Crippen molar-refractivity contribution in [1.29, 1.82) is 0 Å². The molecular formula is C19H23N3OS. The number of carbonyl (C=O) groups excluding carboxylic acids is 1. The molecule has 0 spiro atoms. The summed E-state index contributed by atoms with van der Waals surface area (Å²) in [7, 11) is 2.18. The van der Waals surface area contributed by atoms with Gasteiger partial charge >= 0.3 is 0 Å². The number of nitrogens with zero attached hydrogens (tertiary/aromatic N) is 3. The van der Waals surface area contributed by atoms with Gasteiger partial charge < -0.3 is 9.80 Å². The van der Waals surface area contributed by atoms with Crippen LogP contribution < -0.4 is 0 Å². The van der Waals surface area contributed by atoms with Crippen molar-refractivity contribution in [3.63, 3.8) is 0 Å². The molecule has 4 nitrogen and oxygen atoms in total. The Labute approximate surface area is 147 Å². The van der Waals surface area contributed by atoms with Gasteiger partial charge in [-0.15, -0.1) is 11.3 Å². The predicted octanol–water partition coefficient (Wildman–Crippen LogP) is 2.76. The minimum Gasteiger partial charge on any atom is -0.342 e. The summed E-state index contributed by atoms with van der Waals surface area (Å²) in [6.07, 6.45) is 1.65. The lowest BCUT2D eigenvalue weighted by atomic mass is 9.89. The Morgan fingerprint density at radius 1 is 1.21 bits per heavy atom. The normalized spacial score (nSPS) is 24.1. The predicted molar refractivity (Wildman–Crippen MR) is 96.9 cm³/mol. The van der Waals surface area contributed by atoms with Crippen molar-refractivity contribution in [1.82, 2.24) is 14.8 Å². The van der Waals surface area contributed by atoms with Crippen molar-refractivity contribution in [3.05, 3.63) is 41.4 Å². The number of piperidine rings is 1. The Morgan fingerprint density at radius 3 is 2.83 bits per heavy atom. The van der Waals surface area contributed by atoms with Crippen LogP contribution in [0, 0.1) is 11.8 Å². The fourth-order valence-electron chi connectivity index (χ4n) is 3.92. The van der Waals surface area contributed by atoms with Crippen molar-refractivity contribution < 1.29 is 4.79 Å². The first-order valence-electron chi connectivity index (χ1n) is 8.65. The molecule has 2 unspecified atom stereocenters. The van der Waals surface area contributed by atoms with E-state index in [4.69, 9.17) is 0 Å². The summed E-state index contributed by atoms with van der Waals surface area (Å²) in [5.41, 5.74) is 2.02. The standard InChI is InChI=1S/C19H23N3OS/c1-21-8-7-15-11-22(12-16(15)10-21)18(23)9-17-13-24-19(20-17)14-5-3-2-4-6-14/h2-6,13,15-16H,7-12H2,1H3. The van der Waals surface area contributed by atoms with E-state index in [0.29, 0.717) is 18.3 Å². The molecule has 2 fully saturated rings. The molecule has 1 aromatic heterocycles. The summed E-state index contributed by atoms with van der Waals surface area (Å²) in [5, 5.41) is 3.02. The third-order valence-electron chi connectivity index (χ3n) is 5.26. The fraction of sp³-hybridized carbons (Fsp3) is 0.474. The lowest BCUT2D eigenvalue weighted by Gasteiger charge is -2.31. The highest BCUT2D eigenvalue weighted by atomic mass is 32.1. The molecule has 0 bridgehead atoms. The summed E-state index contributed by atoms with van der Waals surface area (Å²) in [4.78, 5) is 21.8. The molecule has 5 heteroatoms.